The molecule has 0 amide bonds. The lowest BCUT2D eigenvalue weighted by molar-refractivity contribution is 0.00581. The van der Waals surface area contributed by atoms with Crippen LogP contribution in [0.4, 0.5) is 8.78 Å². The number of nitrogens with zero attached hydrogens (tertiary/aromatic N) is 3. The Morgan fingerprint density at radius 3 is 2.48 bits per heavy atom. The van der Waals surface area contributed by atoms with Crippen molar-refractivity contribution in [3.05, 3.63) is 35.3 Å². The second-order valence-corrected chi connectivity index (χ2v) is 5.69. The minimum atomic E-state index is -2.93. The van der Waals surface area contributed by atoms with Crippen LogP contribution >= 0.6 is 0 Å². The highest BCUT2D eigenvalue weighted by atomic mass is 19.3. The van der Waals surface area contributed by atoms with Crippen LogP contribution in [0.1, 0.15) is 36.5 Å². The van der Waals surface area contributed by atoms with Gasteiger partial charge in [-0.05, 0) is 32.4 Å². The second-order valence-electron chi connectivity index (χ2n) is 5.69. The maximum absolute atomic E-state index is 13.9. The van der Waals surface area contributed by atoms with E-state index >= 15 is 0 Å². The van der Waals surface area contributed by atoms with Crippen molar-refractivity contribution in [1.29, 1.82) is 0 Å². The monoisotopic (exact) mass is 295 g/mol. The van der Waals surface area contributed by atoms with Gasteiger partial charge in [-0.25, -0.2) is 0 Å². The zero-order valence-electron chi connectivity index (χ0n) is 12.4. The summed E-state index contributed by atoms with van der Waals surface area (Å²) in [5.74, 6) is -2.39. The molecule has 0 unspecified atom stereocenters. The van der Waals surface area contributed by atoms with Crippen molar-refractivity contribution in [2.45, 2.75) is 39.2 Å². The molecule has 114 valence electrons. The van der Waals surface area contributed by atoms with E-state index in [4.69, 9.17) is 4.74 Å². The first-order valence-electron chi connectivity index (χ1n) is 7.09. The fourth-order valence-corrected chi connectivity index (χ4v) is 2.84. The zero-order valence-corrected chi connectivity index (χ0v) is 12.4. The molecule has 0 aromatic carbocycles. The number of aromatic nitrogens is 3. The molecule has 1 atom stereocenters. The molecule has 1 saturated heterocycles. The van der Waals surface area contributed by atoms with Gasteiger partial charge in [-0.2, -0.15) is 13.9 Å². The molecule has 0 N–H and O–H groups in total. The smallest absolute Gasteiger partial charge is 0.286 e. The molecule has 21 heavy (non-hydrogen) atoms. The van der Waals surface area contributed by atoms with Crippen LogP contribution in [0.5, 0.6) is 0 Å². The van der Waals surface area contributed by atoms with Gasteiger partial charge in [-0.1, -0.05) is 0 Å². The van der Waals surface area contributed by atoms with Crippen molar-refractivity contribution >= 4 is 0 Å². The van der Waals surface area contributed by atoms with Crippen molar-refractivity contribution in [3.8, 4) is 5.82 Å². The third kappa shape index (κ3) is 2.48. The van der Waals surface area contributed by atoms with Gasteiger partial charge in [0.1, 0.15) is 5.69 Å². The summed E-state index contributed by atoms with van der Waals surface area (Å²) in [6.45, 7) is 5.82. The van der Waals surface area contributed by atoms with Gasteiger partial charge < -0.3 is 9.30 Å². The van der Waals surface area contributed by atoms with Crippen molar-refractivity contribution < 1.29 is 13.5 Å². The average molecular weight is 295 g/mol. The van der Waals surface area contributed by atoms with Crippen molar-refractivity contribution in [2.75, 3.05) is 13.2 Å². The van der Waals surface area contributed by atoms with Crippen LogP contribution in [0, 0.1) is 13.8 Å². The van der Waals surface area contributed by atoms with E-state index in [0.29, 0.717) is 25.5 Å². The maximum Gasteiger partial charge on any atom is 0.286 e. The first-order chi connectivity index (χ1) is 9.88. The molecule has 1 fully saturated rings. The molecule has 0 bridgehead atoms. The number of aryl methyl sites for hydroxylation is 2. The van der Waals surface area contributed by atoms with E-state index in [-0.39, 0.29) is 11.7 Å². The molecular weight excluding hydrogens is 276 g/mol. The molecule has 3 rings (SSSR count). The van der Waals surface area contributed by atoms with Gasteiger partial charge in [0.25, 0.3) is 5.92 Å². The van der Waals surface area contributed by atoms with Gasteiger partial charge in [0.05, 0.1) is 12.6 Å². The summed E-state index contributed by atoms with van der Waals surface area (Å²) in [5, 5.41) is 4.44. The van der Waals surface area contributed by atoms with Crippen LogP contribution < -0.4 is 0 Å². The van der Waals surface area contributed by atoms with Gasteiger partial charge in [0.2, 0.25) is 0 Å². The average Bonchev–Trinajstić information content (AvgIpc) is 3.07. The summed E-state index contributed by atoms with van der Waals surface area (Å²) in [5.41, 5.74) is 1.90. The van der Waals surface area contributed by atoms with E-state index in [0.717, 1.165) is 18.3 Å². The number of ether oxygens (including phenoxy) is 1. The molecule has 1 aliphatic rings. The molecule has 4 nitrogen and oxygen atoms in total. The molecule has 2 aromatic rings. The van der Waals surface area contributed by atoms with E-state index in [1.54, 1.807) is 0 Å². The number of rotatable bonds is 3. The maximum atomic E-state index is 13.9. The zero-order chi connectivity index (χ0) is 15.2. The van der Waals surface area contributed by atoms with E-state index in [2.05, 4.69) is 5.10 Å². The number of alkyl halides is 2. The number of halogens is 2. The normalized spacial score (nSPS) is 19.4. The SMILES string of the molecule is Cc1ccc(C)n1-c1cc(C(C)(F)F)n([C@H]2CCOC2)n1. The van der Waals surface area contributed by atoms with Gasteiger partial charge in [-0.15, -0.1) is 0 Å². The van der Waals surface area contributed by atoms with Crippen LogP contribution in [0.2, 0.25) is 0 Å². The fourth-order valence-electron chi connectivity index (χ4n) is 2.84. The van der Waals surface area contributed by atoms with Gasteiger partial charge >= 0.3 is 0 Å². The Morgan fingerprint density at radius 2 is 1.95 bits per heavy atom. The van der Waals surface area contributed by atoms with Crippen LogP contribution in [-0.2, 0) is 10.7 Å². The summed E-state index contributed by atoms with van der Waals surface area (Å²) in [6.07, 6.45) is 0.716. The standard InChI is InChI=1S/C15H19F2N3O/c1-10-4-5-11(2)19(10)14-8-13(15(3,16)17)20(18-14)12-6-7-21-9-12/h4-5,8,12H,6-7,9H2,1-3H3/t12-/m0/s1. The second kappa shape index (κ2) is 4.94. The number of hydrogen-bond donors (Lipinski definition) is 0. The molecule has 0 aliphatic carbocycles. The topological polar surface area (TPSA) is 32.0 Å². The van der Waals surface area contributed by atoms with Crippen molar-refractivity contribution in [1.82, 2.24) is 14.3 Å². The lowest BCUT2D eigenvalue weighted by atomic mass is 10.2. The molecule has 0 radical (unpaired) electrons. The Morgan fingerprint density at radius 1 is 1.29 bits per heavy atom. The highest BCUT2D eigenvalue weighted by Crippen LogP contribution is 2.33. The Hall–Kier alpha value is -1.69. The Labute approximate surface area is 122 Å². The predicted octanol–water partition coefficient (Wildman–Crippen LogP) is 3.36. The minimum Gasteiger partial charge on any atom is -0.379 e. The van der Waals surface area contributed by atoms with Gasteiger partial charge in [-0.3, -0.25) is 4.68 Å². The molecule has 3 heterocycles. The molecule has 1 aliphatic heterocycles. The Bertz CT molecular complexity index is 629. The molecule has 6 heteroatoms. The Kier molecular flexibility index (Phi) is 3.36. The molecule has 0 saturated carbocycles. The summed E-state index contributed by atoms with van der Waals surface area (Å²) >= 11 is 0. The van der Waals surface area contributed by atoms with Crippen molar-refractivity contribution in [3.63, 3.8) is 0 Å². The third-order valence-electron chi connectivity index (χ3n) is 3.92. The first-order valence-corrected chi connectivity index (χ1v) is 7.09. The van der Waals surface area contributed by atoms with Crippen molar-refractivity contribution in [2.24, 2.45) is 0 Å². The summed E-state index contributed by atoms with van der Waals surface area (Å²) in [6, 6.07) is 5.28. The summed E-state index contributed by atoms with van der Waals surface area (Å²) < 4.78 is 36.5. The van der Waals surface area contributed by atoms with Gasteiger partial charge in [0.15, 0.2) is 5.82 Å². The van der Waals surface area contributed by atoms with E-state index in [9.17, 15) is 8.78 Å². The molecule has 2 aromatic heterocycles. The largest absolute Gasteiger partial charge is 0.379 e. The minimum absolute atomic E-state index is 0.0551. The lowest BCUT2D eigenvalue weighted by Crippen LogP contribution is -2.20. The summed E-state index contributed by atoms with van der Waals surface area (Å²) in [4.78, 5) is 0. The predicted molar refractivity (Wildman–Crippen MR) is 75.1 cm³/mol. The highest BCUT2D eigenvalue weighted by molar-refractivity contribution is 5.34. The fraction of sp³-hybridized carbons (Fsp3) is 0.533. The van der Waals surface area contributed by atoms with Crippen LogP contribution in [0.3, 0.4) is 0 Å². The van der Waals surface area contributed by atoms with E-state index < -0.39 is 5.92 Å². The lowest BCUT2D eigenvalue weighted by Gasteiger charge is -2.16. The van der Waals surface area contributed by atoms with E-state index in [1.165, 1.54) is 10.7 Å². The van der Waals surface area contributed by atoms with Crippen LogP contribution in [-0.4, -0.2) is 27.6 Å². The van der Waals surface area contributed by atoms with Crippen LogP contribution in [0.25, 0.3) is 5.82 Å². The quantitative estimate of drug-likeness (QED) is 0.869. The number of hydrogen-bond acceptors (Lipinski definition) is 2. The van der Waals surface area contributed by atoms with Crippen LogP contribution in [0.15, 0.2) is 18.2 Å². The molecule has 0 spiro atoms. The Balaban J connectivity index is 2.12. The third-order valence-corrected chi connectivity index (χ3v) is 3.92. The first kappa shape index (κ1) is 14.3. The summed E-state index contributed by atoms with van der Waals surface area (Å²) in [7, 11) is 0. The highest BCUT2D eigenvalue weighted by Gasteiger charge is 2.34. The van der Waals surface area contributed by atoms with E-state index in [1.807, 2.05) is 30.5 Å². The molecular formula is C15H19F2N3O. The van der Waals surface area contributed by atoms with Gasteiger partial charge in [0, 0.05) is 31.0 Å².